The van der Waals surface area contributed by atoms with E-state index in [1.54, 1.807) is 13.8 Å². The van der Waals surface area contributed by atoms with Crippen LogP contribution in [0.25, 0.3) is 0 Å². The summed E-state index contributed by atoms with van der Waals surface area (Å²) in [5.41, 5.74) is 0.655. The van der Waals surface area contributed by atoms with Crippen LogP contribution in [0.3, 0.4) is 0 Å². The van der Waals surface area contributed by atoms with Crippen LogP contribution >= 0.6 is 0 Å². The molecule has 1 amide bonds. The lowest BCUT2D eigenvalue weighted by molar-refractivity contribution is -0.386. The topological polar surface area (TPSA) is 90.5 Å². The summed E-state index contributed by atoms with van der Waals surface area (Å²) in [6, 6.07) is 0. The second-order valence-electron chi connectivity index (χ2n) is 4.12. The zero-order valence-corrected chi connectivity index (χ0v) is 10.3. The average molecular weight is 254 g/mol. The second-order valence-corrected chi connectivity index (χ2v) is 4.12. The molecule has 1 aliphatic rings. The van der Waals surface area contributed by atoms with Crippen LogP contribution in [0.5, 0.6) is 0 Å². The van der Waals surface area contributed by atoms with E-state index in [0.29, 0.717) is 24.5 Å². The lowest BCUT2D eigenvalue weighted by atomic mass is 10.3. The predicted octanol–water partition coefficient (Wildman–Crippen LogP) is 0.572. The lowest BCUT2D eigenvalue weighted by Crippen LogP contribution is -2.30. The fourth-order valence-electron chi connectivity index (χ4n) is 1.96. The minimum absolute atomic E-state index is 0.0369. The zero-order valence-electron chi connectivity index (χ0n) is 10.3. The number of rotatable bonds is 3. The molecule has 2 heterocycles. The smallest absolute Gasteiger partial charge is 0.271 e. The van der Waals surface area contributed by atoms with Gasteiger partial charge in [-0.05, 0) is 20.3 Å². The van der Waals surface area contributed by atoms with Crippen molar-refractivity contribution < 1.29 is 14.6 Å². The van der Waals surface area contributed by atoms with Crippen molar-refractivity contribution in [3.05, 3.63) is 21.5 Å². The van der Waals surface area contributed by atoms with Gasteiger partial charge in [-0.25, -0.2) is 5.06 Å². The summed E-state index contributed by atoms with van der Waals surface area (Å²) in [4.78, 5) is 27.3. The molecule has 0 bridgehead atoms. The van der Waals surface area contributed by atoms with E-state index >= 15 is 0 Å². The highest BCUT2D eigenvalue weighted by Crippen LogP contribution is 2.21. The molecule has 0 aliphatic carbocycles. The summed E-state index contributed by atoms with van der Waals surface area (Å²) in [5, 5.41) is 16.1. The second kappa shape index (κ2) is 4.73. The highest BCUT2D eigenvalue weighted by Gasteiger charge is 2.25. The summed E-state index contributed by atoms with van der Waals surface area (Å²) in [6.45, 7) is 4.18. The zero-order chi connectivity index (χ0) is 13.3. The Labute approximate surface area is 103 Å². The third kappa shape index (κ3) is 2.19. The number of nitrogens with zero attached hydrogens (tertiary/aromatic N) is 4. The SMILES string of the molecule is Cc1nn(CC(=O)N2CCCO2)c(C)c1[N+](=O)[O-]. The maximum atomic E-state index is 11.8. The normalized spacial score (nSPS) is 15.1. The van der Waals surface area contributed by atoms with E-state index in [0.717, 1.165) is 6.42 Å². The molecule has 0 atom stereocenters. The van der Waals surface area contributed by atoms with Crippen LogP contribution in [-0.2, 0) is 16.2 Å². The van der Waals surface area contributed by atoms with Crippen molar-refractivity contribution in [1.29, 1.82) is 0 Å². The van der Waals surface area contributed by atoms with Crippen LogP contribution in [0.1, 0.15) is 17.8 Å². The minimum atomic E-state index is -0.481. The molecule has 0 N–H and O–H groups in total. The van der Waals surface area contributed by atoms with Crippen molar-refractivity contribution in [2.24, 2.45) is 0 Å². The molecular formula is C10H14N4O4. The van der Waals surface area contributed by atoms with Crippen LogP contribution in [0.15, 0.2) is 0 Å². The molecule has 0 spiro atoms. The van der Waals surface area contributed by atoms with Crippen molar-refractivity contribution in [2.45, 2.75) is 26.8 Å². The third-order valence-corrected chi connectivity index (χ3v) is 2.84. The quantitative estimate of drug-likeness (QED) is 0.581. The average Bonchev–Trinajstić information content (AvgIpc) is 2.88. The molecule has 18 heavy (non-hydrogen) atoms. The lowest BCUT2D eigenvalue weighted by Gasteiger charge is -2.13. The molecule has 98 valence electrons. The molecule has 1 fully saturated rings. The van der Waals surface area contributed by atoms with Gasteiger partial charge in [0.1, 0.15) is 17.9 Å². The van der Waals surface area contributed by atoms with Gasteiger partial charge in [0.25, 0.3) is 5.91 Å². The first-order valence-electron chi connectivity index (χ1n) is 5.62. The van der Waals surface area contributed by atoms with Crippen molar-refractivity contribution in [3.8, 4) is 0 Å². The molecule has 0 radical (unpaired) electrons. The van der Waals surface area contributed by atoms with Gasteiger partial charge in [0, 0.05) is 0 Å². The Kier molecular flexibility index (Phi) is 3.28. The van der Waals surface area contributed by atoms with Gasteiger partial charge in [-0.2, -0.15) is 5.10 Å². The number of carbonyl (C=O) groups excluding carboxylic acids is 1. The van der Waals surface area contributed by atoms with Crippen molar-refractivity contribution in [1.82, 2.24) is 14.8 Å². The van der Waals surface area contributed by atoms with E-state index in [-0.39, 0.29) is 18.1 Å². The number of aryl methyl sites for hydroxylation is 1. The summed E-state index contributed by atoms with van der Waals surface area (Å²) >= 11 is 0. The molecule has 0 aromatic carbocycles. The Morgan fingerprint density at radius 3 is 2.78 bits per heavy atom. The first-order valence-corrected chi connectivity index (χ1v) is 5.62. The molecule has 2 rings (SSSR count). The first kappa shape index (κ1) is 12.5. The molecule has 1 saturated heterocycles. The number of aromatic nitrogens is 2. The van der Waals surface area contributed by atoms with Crippen LogP contribution in [0.4, 0.5) is 5.69 Å². The van der Waals surface area contributed by atoms with Gasteiger partial charge in [0.05, 0.1) is 18.1 Å². The van der Waals surface area contributed by atoms with E-state index < -0.39 is 4.92 Å². The largest absolute Gasteiger partial charge is 0.312 e. The van der Waals surface area contributed by atoms with Crippen LogP contribution < -0.4 is 0 Å². The van der Waals surface area contributed by atoms with Gasteiger partial charge in [0.15, 0.2) is 0 Å². The van der Waals surface area contributed by atoms with E-state index in [4.69, 9.17) is 4.84 Å². The monoisotopic (exact) mass is 254 g/mol. The first-order chi connectivity index (χ1) is 8.50. The van der Waals surface area contributed by atoms with Crippen LogP contribution in [0.2, 0.25) is 0 Å². The van der Waals surface area contributed by atoms with Gasteiger partial charge in [-0.1, -0.05) is 0 Å². The summed E-state index contributed by atoms with van der Waals surface area (Å²) in [5.74, 6) is -0.243. The molecule has 1 aromatic heterocycles. The maximum Gasteiger partial charge on any atom is 0.312 e. The Balaban J connectivity index is 2.17. The molecule has 1 aliphatic heterocycles. The van der Waals surface area contributed by atoms with Gasteiger partial charge in [-0.15, -0.1) is 0 Å². The van der Waals surface area contributed by atoms with Gasteiger partial charge in [-0.3, -0.25) is 24.4 Å². The molecule has 0 unspecified atom stereocenters. The van der Waals surface area contributed by atoms with Gasteiger partial charge < -0.3 is 0 Å². The number of hydroxylamine groups is 2. The Bertz CT molecular complexity index is 490. The standard InChI is InChI=1S/C10H14N4O4/c1-7-10(14(16)17)8(2)12(11-7)6-9(15)13-4-3-5-18-13/h3-6H2,1-2H3. The highest BCUT2D eigenvalue weighted by atomic mass is 16.7. The Morgan fingerprint density at radius 2 is 2.28 bits per heavy atom. The summed E-state index contributed by atoms with van der Waals surface area (Å²) < 4.78 is 1.34. The van der Waals surface area contributed by atoms with E-state index in [9.17, 15) is 14.9 Å². The fraction of sp³-hybridized carbons (Fsp3) is 0.600. The molecular weight excluding hydrogens is 240 g/mol. The molecule has 8 heteroatoms. The summed E-state index contributed by atoms with van der Waals surface area (Å²) in [7, 11) is 0. The Hall–Kier alpha value is -1.96. The summed E-state index contributed by atoms with van der Waals surface area (Å²) in [6.07, 6.45) is 0.809. The minimum Gasteiger partial charge on any atom is -0.271 e. The number of hydrogen-bond acceptors (Lipinski definition) is 5. The van der Waals surface area contributed by atoms with Crippen LogP contribution in [-0.4, -0.2) is 38.8 Å². The fourth-order valence-corrected chi connectivity index (χ4v) is 1.96. The molecule has 1 aromatic rings. The third-order valence-electron chi connectivity index (χ3n) is 2.84. The van der Waals surface area contributed by atoms with E-state index in [2.05, 4.69) is 5.10 Å². The van der Waals surface area contributed by atoms with Gasteiger partial charge in [0.2, 0.25) is 0 Å². The van der Waals surface area contributed by atoms with Crippen LogP contribution in [0, 0.1) is 24.0 Å². The highest BCUT2D eigenvalue weighted by molar-refractivity contribution is 5.75. The number of amides is 1. The predicted molar refractivity (Wildman–Crippen MR) is 60.6 cm³/mol. The Morgan fingerprint density at radius 1 is 1.56 bits per heavy atom. The molecule has 8 nitrogen and oxygen atoms in total. The van der Waals surface area contributed by atoms with E-state index in [1.807, 2.05) is 0 Å². The molecule has 0 saturated carbocycles. The number of nitro groups is 1. The van der Waals surface area contributed by atoms with Crippen molar-refractivity contribution in [2.75, 3.05) is 13.2 Å². The maximum absolute atomic E-state index is 11.8. The van der Waals surface area contributed by atoms with Gasteiger partial charge >= 0.3 is 5.69 Å². The van der Waals surface area contributed by atoms with E-state index in [1.165, 1.54) is 9.75 Å². The number of hydrogen-bond donors (Lipinski definition) is 0. The van der Waals surface area contributed by atoms with Crippen molar-refractivity contribution >= 4 is 11.6 Å². The van der Waals surface area contributed by atoms with Crippen molar-refractivity contribution in [3.63, 3.8) is 0 Å². The number of carbonyl (C=O) groups is 1.